The van der Waals surface area contributed by atoms with Crippen LogP contribution in [-0.4, -0.2) is 34.2 Å². The van der Waals surface area contributed by atoms with Crippen molar-refractivity contribution in [3.05, 3.63) is 102 Å². The number of ketones is 1. The molecule has 4 nitrogen and oxygen atoms in total. The average molecular weight is 384 g/mol. The first kappa shape index (κ1) is 19.1. The highest BCUT2D eigenvalue weighted by Gasteiger charge is 2.37. The van der Waals surface area contributed by atoms with Crippen molar-refractivity contribution in [1.29, 1.82) is 0 Å². The standard InChI is InChI=1S/C25H24N2O2/c28-24(21-10-5-2-6-11-21)23-12-7-17-27(23)25(29)22(20-8-3-1-4-9-20)18-19-13-15-26-16-14-19/h1-6,8-11,13-16,22-23H,7,12,17-18H2. The van der Waals surface area contributed by atoms with Gasteiger partial charge >= 0.3 is 0 Å². The van der Waals surface area contributed by atoms with E-state index in [2.05, 4.69) is 4.98 Å². The Morgan fingerprint density at radius 2 is 1.59 bits per heavy atom. The second-order valence-corrected chi connectivity index (χ2v) is 7.44. The quantitative estimate of drug-likeness (QED) is 0.596. The van der Waals surface area contributed by atoms with Crippen LogP contribution in [0.25, 0.3) is 0 Å². The molecule has 4 rings (SSSR count). The summed E-state index contributed by atoms with van der Waals surface area (Å²) >= 11 is 0. The van der Waals surface area contributed by atoms with E-state index in [1.54, 1.807) is 17.3 Å². The van der Waals surface area contributed by atoms with Gasteiger partial charge in [0.05, 0.1) is 12.0 Å². The van der Waals surface area contributed by atoms with E-state index in [0.29, 0.717) is 18.5 Å². The molecule has 2 unspecified atom stereocenters. The molecule has 0 saturated carbocycles. The zero-order chi connectivity index (χ0) is 20.1. The minimum absolute atomic E-state index is 0.0276. The normalized spacial score (nSPS) is 17.1. The molecule has 2 aromatic carbocycles. The molecule has 0 radical (unpaired) electrons. The summed E-state index contributed by atoms with van der Waals surface area (Å²) in [5.74, 6) is -0.255. The predicted molar refractivity (Wildman–Crippen MR) is 113 cm³/mol. The fourth-order valence-electron chi connectivity index (χ4n) is 4.09. The summed E-state index contributed by atoms with van der Waals surface area (Å²) in [5.41, 5.74) is 2.71. The van der Waals surface area contributed by atoms with Crippen molar-refractivity contribution in [1.82, 2.24) is 9.88 Å². The van der Waals surface area contributed by atoms with Gasteiger partial charge in [0.2, 0.25) is 5.91 Å². The Morgan fingerprint density at radius 3 is 2.28 bits per heavy atom. The topological polar surface area (TPSA) is 50.3 Å². The van der Waals surface area contributed by atoms with Gasteiger partial charge in [0, 0.05) is 24.5 Å². The first-order chi connectivity index (χ1) is 14.2. The predicted octanol–water partition coefficient (Wildman–Crippen LogP) is 4.28. The molecule has 1 saturated heterocycles. The van der Waals surface area contributed by atoms with Crippen LogP contribution in [0.15, 0.2) is 85.2 Å². The van der Waals surface area contributed by atoms with Crippen molar-refractivity contribution in [2.75, 3.05) is 6.54 Å². The summed E-state index contributed by atoms with van der Waals surface area (Å²) in [6.07, 6.45) is 5.66. The van der Waals surface area contributed by atoms with Crippen LogP contribution in [0.5, 0.6) is 0 Å². The maximum absolute atomic E-state index is 13.7. The van der Waals surface area contributed by atoms with E-state index >= 15 is 0 Å². The van der Waals surface area contributed by atoms with Crippen molar-refractivity contribution in [2.45, 2.75) is 31.2 Å². The smallest absolute Gasteiger partial charge is 0.231 e. The van der Waals surface area contributed by atoms with Crippen LogP contribution in [0.1, 0.15) is 40.2 Å². The number of Topliss-reactive ketones (excluding diaryl/α,β-unsaturated/α-hetero) is 1. The fourth-order valence-corrected chi connectivity index (χ4v) is 4.09. The van der Waals surface area contributed by atoms with Crippen molar-refractivity contribution >= 4 is 11.7 Å². The van der Waals surface area contributed by atoms with Crippen molar-refractivity contribution < 1.29 is 9.59 Å². The Balaban J connectivity index is 1.62. The largest absolute Gasteiger partial charge is 0.332 e. The fraction of sp³-hybridized carbons (Fsp3) is 0.240. The molecule has 3 aromatic rings. The first-order valence-electron chi connectivity index (χ1n) is 10.1. The van der Waals surface area contributed by atoms with E-state index < -0.39 is 0 Å². The van der Waals surface area contributed by atoms with Gasteiger partial charge in [-0.25, -0.2) is 0 Å². The lowest BCUT2D eigenvalue weighted by Gasteiger charge is -2.28. The van der Waals surface area contributed by atoms with Gasteiger partial charge in [-0.2, -0.15) is 0 Å². The van der Waals surface area contributed by atoms with Crippen LogP contribution in [-0.2, 0) is 11.2 Å². The van der Waals surface area contributed by atoms with E-state index in [4.69, 9.17) is 0 Å². The monoisotopic (exact) mass is 384 g/mol. The maximum Gasteiger partial charge on any atom is 0.231 e. The lowest BCUT2D eigenvalue weighted by Crippen LogP contribution is -2.43. The third-order valence-corrected chi connectivity index (χ3v) is 5.59. The summed E-state index contributed by atoms with van der Waals surface area (Å²) in [6.45, 7) is 0.627. The Morgan fingerprint density at radius 1 is 0.931 bits per heavy atom. The van der Waals surface area contributed by atoms with Crippen molar-refractivity contribution in [2.24, 2.45) is 0 Å². The molecule has 0 aliphatic carbocycles. The zero-order valence-electron chi connectivity index (χ0n) is 16.3. The Kier molecular flexibility index (Phi) is 5.80. The molecule has 1 amide bonds. The molecule has 2 heterocycles. The number of hydrogen-bond donors (Lipinski definition) is 0. The van der Waals surface area contributed by atoms with Gasteiger partial charge in [-0.1, -0.05) is 60.7 Å². The third kappa shape index (κ3) is 4.27. The second kappa shape index (κ2) is 8.82. The number of hydrogen-bond acceptors (Lipinski definition) is 3. The van der Waals surface area contributed by atoms with Gasteiger partial charge in [0.15, 0.2) is 5.78 Å². The van der Waals surface area contributed by atoms with Crippen LogP contribution in [0.2, 0.25) is 0 Å². The van der Waals surface area contributed by atoms with Gasteiger partial charge in [0.25, 0.3) is 0 Å². The number of nitrogens with zero attached hydrogens (tertiary/aromatic N) is 2. The molecular formula is C25H24N2O2. The number of rotatable bonds is 6. The van der Waals surface area contributed by atoms with E-state index in [0.717, 1.165) is 24.0 Å². The van der Waals surface area contributed by atoms with Gasteiger partial charge in [0.1, 0.15) is 0 Å². The molecule has 146 valence electrons. The molecule has 1 aliphatic rings. The van der Waals surface area contributed by atoms with Gasteiger partial charge in [-0.05, 0) is 42.5 Å². The highest BCUT2D eigenvalue weighted by molar-refractivity contribution is 6.02. The van der Waals surface area contributed by atoms with E-state index in [-0.39, 0.29) is 23.7 Å². The lowest BCUT2D eigenvalue weighted by atomic mass is 9.90. The molecule has 29 heavy (non-hydrogen) atoms. The maximum atomic E-state index is 13.7. The molecule has 0 spiro atoms. The van der Waals surface area contributed by atoms with Crippen LogP contribution < -0.4 is 0 Å². The number of benzene rings is 2. The Bertz CT molecular complexity index is 958. The lowest BCUT2D eigenvalue weighted by molar-refractivity contribution is -0.133. The van der Waals surface area contributed by atoms with Crippen molar-refractivity contribution in [3.8, 4) is 0 Å². The number of pyridine rings is 1. The van der Waals surface area contributed by atoms with Gasteiger partial charge < -0.3 is 4.90 Å². The van der Waals surface area contributed by atoms with E-state index in [9.17, 15) is 9.59 Å². The van der Waals surface area contributed by atoms with Crippen LogP contribution in [0, 0.1) is 0 Å². The number of carbonyl (C=O) groups excluding carboxylic acids is 2. The van der Waals surface area contributed by atoms with E-state index in [1.165, 1.54) is 0 Å². The number of likely N-dealkylation sites (tertiary alicyclic amines) is 1. The number of carbonyl (C=O) groups is 2. The minimum atomic E-state index is -0.381. The van der Waals surface area contributed by atoms with Crippen LogP contribution >= 0.6 is 0 Å². The highest BCUT2D eigenvalue weighted by Crippen LogP contribution is 2.29. The number of aromatic nitrogens is 1. The number of amides is 1. The molecule has 2 atom stereocenters. The van der Waals surface area contributed by atoms with E-state index in [1.807, 2.05) is 72.8 Å². The van der Waals surface area contributed by atoms with Gasteiger partial charge in [-0.3, -0.25) is 14.6 Å². The zero-order valence-corrected chi connectivity index (χ0v) is 16.3. The summed E-state index contributed by atoms with van der Waals surface area (Å²) in [6, 6.07) is 22.6. The summed E-state index contributed by atoms with van der Waals surface area (Å²) in [4.78, 5) is 32.6. The Labute approximate surface area is 171 Å². The Hall–Kier alpha value is -3.27. The summed E-state index contributed by atoms with van der Waals surface area (Å²) in [7, 11) is 0. The second-order valence-electron chi connectivity index (χ2n) is 7.44. The average Bonchev–Trinajstić information content (AvgIpc) is 3.28. The van der Waals surface area contributed by atoms with Crippen molar-refractivity contribution in [3.63, 3.8) is 0 Å². The third-order valence-electron chi connectivity index (χ3n) is 5.59. The van der Waals surface area contributed by atoms with Crippen LogP contribution in [0.3, 0.4) is 0 Å². The SMILES string of the molecule is O=C(c1ccccc1)C1CCCN1C(=O)C(Cc1ccncc1)c1ccccc1. The molecule has 1 aliphatic heterocycles. The molecule has 4 heteroatoms. The summed E-state index contributed by atoms with van der Waals surface area (Å²) in [5, 5.41) is 0. The van der Waals surface area contributed by atoms with Crippen LogP contribution in [0.4, 0.5) is 0 Å². The summed E-state index contributed by atoms with van der Waals surface area (Å²) < 4.78 is 0. The molecule has 0 N–H and O–H groups in total. The molecule has 1 aromatic heterocycles. The molecule has 0 bridgehead atoms. The highest BCUT2D eigenvalue weighted by atomic mass is 16.2. The minimum Gasteiger partial charge on any atom is -0.332 e. The molecular weight excluding hydrogens is 360 g/mol. The molecule has 1 fully saturated rings. The first-order valence-corrected chi connectivity index (χ1v) is 10.1. The van der Waals surface area contributed by atoms with Gasteiger partial charge in [-0.15, -0.1) is 0 Å².